The Hall–Kier alpha value is -2.90. The van der Waals surface area contributed by atoms with Crippen molar-refractivity contribution in [2.45, 2.75) is 18.4 Å². The molecule has 0 unspecified atom stereocenters. The number of sulfone groups is 1. The van der Waals surface area contributed by atoms with Crippen LogP contribution >= 0.6 is 11.6 Å². The predicted octanol–water partition coefficient (Wildman–Crippen LogP) is 3.38. The van der Waals surface area contributed by atoms with Crippen molar-refractivity contribution in [2.24, 2.45) is 5.73 Å². The van der Waals surface area contributed by atoms with Gasteiger partial charge in [0.15, 0.2) is 9.84 Å². The molecule has 1 aliphatic heterocycles. The van der Waals surface area contributed by atoms with Gasteiger partial charge in [-0.1, -0.05) is 54.9 Å². The number of nitrogens with one attached hydrogen (secondary N) is 1. The molecule has 1 aliphatic rings. The number of hydrogen-bond donors (Lipinski definition) is 2. The summed E-state index contributed by atoms with van der Waals surface area (Å²) in [4.78, 5) is 14.6. The Kier molecular flexibility index (Phi) is 5.91. The molecule has 2 aromatic carbocycles. The van der Waals surface area contributed by atoms with E-state index < -0.39 is 15.7 Å². The van der Waals surface area contributed by atoms with E-state index in [2.05, 4.69) is 0 Å². The minimum absolute atomic E-state index is 0.0614. The summed E-state index contributed by atoms with van der Waals surface area (Å²) in [7, 11) is -3.49. The van der Waals surface area contributed by atoms with Crippen molar-refractivity contribution in [3.63, 3.8) is 0 Å². The molecule has 3 N–H and O–H groups in total. The van der Waals surface area contributed by atoms with E-state index in [1.54, 1.807) is 49.4 Å². The fourth-order valence-electron chi connectivity index (χ4n) is 3.10. The third kappa shape index (κ3) is 3.97. The van der Waals surface area contributed by atoms with Gasteiger partial charge in [0.2, 0.25) is 0 Å². The molecule has 29 heavy (non-hydrogen) atoms. The Balaban J connectivity index is 2.08. The molecule has 6 nitrogen and oxygen atoms in total. The Morgan fingerprint density at radius 1 is 1.14 bits per heavy atom. The SMILES string of the molecule is CCS(=O)(=O)c1ccccc1CN1C(=N)/C(=C\N)C=C(c2ccccc2Cl)C1=O. The molecule has 0 bridgehead atoms. The van der Waals surface area contributed by atoms with Crippen LogP contribution in [0.4, 0.5) is 0 Å². The largest absolute Gasteiger partial charge is 0.404 e. The van der Waals surface area contributed by atoms with E-state index in [9.17, 15) is 13.2 Å². The van der Waals surface area contributed by atoms with Gasteiger partial charge in [0.25, 0.3) is 5.91 Å². The first-order valence-corrected chi connectivity index (χ1v) is 10.9. The molecule has 1 heterocycles. The fourth-order valence-corrected chi connectivity index (χ4v) is 4.47. The van der Waals surface area contributed by atoms with Crippen LogP contribution in [0.5, 0.6) is 0 Å². The molecule has 0 atom stereocenters. The van der Waals surface area contributed by atoms with Crippen LogP contribution in [0.15, 0.2) is 71.3 Å². The maximum atomic E-state index is 13.2. The van der Waals surface area contributed by atoms with Crippen molar-refractivity contribution in [2.75, 3.05) is 5.75 Å². The maximum Gasteiger partial charge on any atom is 0.260 e. The van der Waals surface area contributed by atoms with Gasteiger partial charge in [-0.05, 0) is 23.8 Å². The molecule has 0 saturated heterocycles. The summed E-state index contributed by atoms with van der Waals surface area (Å²) in [6.07, 6.45) is 2.77. The minimum atomic E-state index is -3.49. The third-order valence-electron chi connectivity index (χ3n) is 4.68. The van der Waals surface area contributed by atoms with Crippen molar-refractivity contribution < 1.29 is 13.2 Å². The lowest BCUT2D eigenvalue weighted by molar-refractivity contribution is -0.122. The van der Waals surface area contributed by atoms with Crippen molar-refractivity contribution in [3.8, 4) is 0 Å². The van der Waals surface area contributed by atoms with E-state index in [0.717, 1.165) is 0 Å². The van der Waals surface area contributed by atoms with E-state index in [1.807, 2.05) is 0 Å². The van der Waals surface area contributed by atoms with Crippen molar-refractivity contribution >= 4 is 38.8 Å². The highest BCUT2D eigenvalue weighted by atomic mass is 35.5. The van der Waals surface area contributed by atoms with Crippen LogP contribution in [-0.2, 0) is 21.2 Å². The van der Waals surface area contributed by atoms with E-state index in [1.165, 1.54) is 23.2 Å². The molecular formula is C21H20ClN3O3S. The second kappa shape index (κ2) is 8.23. The number of amides is 1. The zero-order valence-corrected chi connectivity index (χ0v) is 17.3. The van der Waals surface area contributed by atoms with Gasteiger partial charge in [-0.15, -0.1) is 0 Å². The number of nitrogens with zero attached hydrogens (tertiary/aromatic N) is 1. The number of carbonyl (C=O) groups is 1. The van der Waals surface area contributed by atoms with Crippen LogP contribution in [0, 0.1) is 5.41 Å². The van der Waals surface area contributed by atoms with Gasteiger partial charge in [-0.2, -0.15) is 0 Å². The smallest absolute Gasteiger partial charge is 0.260 e. The molecule has 150 valence electrons. The van der Waals surface area contributed by atoms with Gasteiger partial charge in [0.1, 0.15) is 5.84 Å². The first-order valence-electron chi connectivity index (χ1n) is 8.90. The lowest BCUT2D eigenvalue weighted by Gasteiger charge is -2.30. The Morgan fingerprint density at radius 3 is 2.45 bits per heavy atom. The van der Waals surface area contributed by atoms with Gasteiger partial charge < -0.3 is 5.73 Å². The van der Waals surface area contributed by atoms with Crippen LogP contribution in [-0.4, -0.2) is 30.8 Å². The molecule has 0 spiro atoms. The van der Waals surface area contributed by atoms with Crippen LogP contribution in [0.3, 0.4) is 0 Å². The molecule has 0 saturated carbocycles. The summed E-state index contributed by atoms with van der Waals surface area (Å²) in [5.41, 5.74) is 7.27. The van der Waals surface area contributed by atoms with Crippen molar-refractivity contribution in [1.29, 1.82) is 5.41 Å². The minimum Gasteiger partial charge on any atom is -0.404 e. The van der Waals surface area contributed by atoms with Crippen LogP contribution < -0.4 is 5.73 Å². The topological polar surface area (TPSA) is 104 Å². The average molecular weight is 430 g/mol. The predicted molar refractivity (Wildman–Crippen MR) is 114 cm³/mol. The summed E-state index contributed by atoms with van der Waals surface area (Å²) < 4.78 is 24.9. The van der Waals surface area contributed by atoms with E-state index in [-0.39, 0.29) is 23.0 Å². The highest BCUT2D eigenvalue weighted by molar-refractivity contribution is 7.91. The standard InChI is InChI=1S/C21H20ClN3O3S/c1-2-29(27,28)19-10-6-3-7-14(19)13-25-20(24)15(12-23)11-17(21(25)26)16-8-4-5-9-18(16)22/h3-12,24H,2,13,23H2,1H3/b15-12-,24-20?. The van der Waals surface area contributed by atoms with Crippen LogP contribution in [0.25, 0.3) is 5.57 Å². The molecule has 1 amide bonds. The normalized spacial score (nSPS) is 16.3. The Labute approximate surface area is 174 Å². The highest BCUT2D eigenvalue weighted by Crippen LogP contribution is 2.31. The first-order chi connectivity index (χ1) is 13.8. The lowest BCUT2D eigenvalue weighted by Crippen LogP contribution is -2.40. The number of nitrogens with two attached hydrogens (primary N) is 1. The highest BCUT2D eigenvalue weighted by Gasteiger charge is 2.32. The third-order valence-corrected chi connectivity index (χ3v) is 6.84. The number of halogens is 1. The Bertz CT molecular complexity index is 1150. The van der Waals surface area contributed by atoms with Gasteiger partial charge in [-0.25, -0.2) is 8.42 Å². The molecule has 2 aromatic rings. The molecule has 0 fully saturated rings. The number of amidine groups is 1. The molecule has 3 rings (SSSR count). The molecule has 8 heteroatoms. The summed E-state index contributed by atoms with van der Waals surface area (Å²) in [6, 6.07) is 13.4. The van der Waals surface area contributed by atoms with Gasteiger partial charge in [-0.3, -0.25) is 15.1 Å². The van der Waals surface area contributed by atoms with E-state index in [4.69, 9.17) is 22.7 Å². The molecular weight excluding hydrogens is 410 g/mol. The van der Waals surface area contributed by atoms with Gasteiger partial charge in [0.05, 0.1) is 17.2 Å². The second-order valence-electron chi connectivity index (χ2n) is 6.41. The first kappa shape index (κ1) is 20.8. The van der Waals surface area contributed by atoms with Gasteiger partial charge >= 0.3 is 0 Å². The molecule has 0 aliphatic carbocycles. The van der Waals surface area contributed by atoms with Crippen LogP contribution in [0.1, 0.15) is 18.1 Å². The van der Waals surface area contributed by atoms with Crippen molar-refractivity contribution in [1.82, 2.24) is 4.90 Å². The average Bonchev–Trinajstić information content (AvgIpc) is 2.72. The quantitative estimate of drug-likeness (QED) is 0.760. The fraction of sp³-hybridized carbons (Fsp3) is 0.143. The maximum absolute atomic E-state index is 13.2. The summed E-state index contributed by atoms with van der Waals surface area (Å²) >= 11 is 6.27. The van der Waals surface area contributed by atoms with Crippen molar-refractivity contribution in [3.05, 3.63) is 82.5 Å². The number of rotatable bonds is 5. The van der Waals surface area contributed by atoms with E-state index >= 15 is 0 Å². The zero-order valence-electron chi connectivity index (χ0n) is 15.7. The second-order valence-corrected chi connectivity index (χ2v) is 9.06. The van der Waals surface area contributed by atoms with Crippen LogP contribution in [0.2, 0.25) is 5.02 Å². The lowest BCUT2D eigenvalue weighted by atomic mass is 9.96. The van der Waals surface area contributed by atoms with Gasteiger partial charge in [0, 0.05) is 27.9 Å². The molecule has 0 radical (unpaired) electrons. The summed E-state index contributed by atoms with van der Waals surface area (Å²) in [5, 5.41) is 8.78. The molecule has 0 aromatic heterocycles. The number of hydrogen-bond acceptors (Lipinski definition) is 5. The Morgan fingerprint density at radius 2 is 1.79 bits per heavy atom. The number of benzene rings is 2. The van der Waals surface area contributed by atoms with E-state index in [0.29, 0.717) is 27.3 Å². The zero-order chi connectivity index (χ0) is 21.2. The monoisotopic (exact) mass is 429 g/mol. The summed E-state index contributed by atoms with van der Waals surface area (Å²) in [5.74, 6) is -0.608. The number of carbonyl (C=O) groups excluding carboxylic acids is 1. The summed E-state index contributed by atoms with van der Waals surface area (Å²) in [6.45, 7) is 1.49.